The van der Waals surface area contributed by atoms with E-state index in [-0.39, 0.29) is 6.04 Å². The van der Waals surface area contributed by atoms with E-state index in [9.17, 15) is 0 Å². The van der Waals surface area contributed by atoms with Crippen LogP contribution < -0.4 is 5.32 Å². The van der Waals surface area contributed by atoms with Crippen LogP contribution in [0.25, 0.3) is 0 Å². The van der Waals surface area contributed by atoms with Crippen molar-refractivity contribution in [2.24, 2.45) is 0 Å². The van der Waals surface area contributed by atoms with Gasteiger partial charge in [-0.1, -0.05) is 12.8 Å². The quantitative estimate of drug-likeness (QED) is 0.492. The lowest BCUT2D eigenvalue weighted by Crippen LogP contribution is -2.21. The largest absolute Gasteiger partial charge is 0.307 e. The average Bonchev–Trinajstić information content (AvgIpc) is 1.72. The molecular formula is C6H10N. The molecule has 0 aromatic carbocycles. The van der Waals surface area contributed by atoms with E-state index < -0.39 is 0 Å². The van der Waals surface area contributed by atoms with E-state index in [1.165, 1.54) is 0 Å². The van der Waals surface area contributed by atoms with Crippen LogP contribution in [0.2, 0.25) is 0 Å². The van der Waals surface area contributed by atoms with Crippen LogP contribution in [-0.4, -0.2) is 13.1 Å². The van der Waals surface area contributed by atoms with E-state index in [0.29, 0.717) is 0 Å². The molecule has 0 amide bonds. The predicted molar refractivity (Wildman–Crippen MR) is 31.7 cm³/mol. The van der Waals surface area contributed by atoms with Crippen LogP contribution in [0.1, 0.15) is 6.92 Å². The zero-order valence-electron chi connectivity index (χ0n) is 4.73. The Hall–Kier alpha value is -0.480. The van der Waals surface area contributed by atoms with Crippen LogP contribution in [-0.2, 0) is 0 Å². The maximum atomic E-state index is 5.05. The molecule has 1 heteroatoms. The maximum absolute atomic E-state index is 5.05. The summed E-state index contributed by atoms with van der Waals surface area (Å²) in [6.45, 7) is 1.93. The molecule has 1 radical (unpaired) electrons. The van der Waals surface area contributed by atoms with E-state index in [1.54, 1.807) is 0 Å². The van der Waals surface area contributed by atoms with Gasteiger partial charge in [0.2, 0.25) is 0 Å². The summed E-state index contributed by atoms with van der Waals surface area (Å²) in [5.41, 5.74) is 0. The summed E-state index contributed by atoms with van der Waals surface area (Å²) in [6.07, 6.45) is 6.98. The van der Waals surface area contributed by atoms with Gasteiger partial charge in [-0.3, -0.25) is 0 Å². The highest BCUT2D eigenvalue weighted by Gasteiger charge is 1.91. The lowest BCUT2D eigenvalue weighted by Gasteiger charge is -2.01. The van der Waals surface area contributed by atoms with Crippen LogP contribution in [0.5, 0.6) is 0 Å². The Morgan fingerprint density at radius 2 is 2.43 bits per heavy atom. The highest BCUT2D eigenvalue weighted by molar-refractivity contribution is 5.04. The minimum Gasteiger partial charge on any atom is -0.307 e. The molecule has 1 nitrogen and oxygen atoms in total. The van der Waals surface area contributed by atoms with E-state index in [0.717, 1.165) is 0 Å². The molecule has 0 spiro atoms. The number of terminal acetylenes is 1. The van der Waals surface area contributed by atoms with Crippen LogP contribution >= 0.6 is 0 Å². The standard InChI is InChI=1S/C6H10N/c1-4-6(5-2)7-3/h1,5-7H,2-3H3. The van der Waals surface area contributed by atoms with E-state index in [2.05, 4.69) is 11.2 Å². The van der Waals surface area contributed by atoms with Gasteiger partial charge in [0.05, 0.1) is 6.04 Å². The van der Waals surface area contributed by atoms with Gasteiger partial charge in [-0.05, 0) is 13.5 Å². The van der Waals surface area contributed by atoms with Gasteiger partial charge in [0.15, 0.2) is 0 Å². The fourth-order valence-electron chi connectivity index (χ4n) is 0.346. The average molecular weight is 96.2 g/mol. The second kappa shape index (κ2) is 3.70. The topological polar surface area (TPSA) is 12.0 Å². The molecule has 0 rings (SSSR count). The van der Waals surface area contributed by atoms with Crippen molar-refractivity contribution in [3.8, 4) is 12.3 Å². The van der Waals surface area contributed by atoms with Crippen molar-refractivity contribution in [3.63, 3.8) is 0 Å². The Labute approximate surface area is 45.1 Å². The van der Waals surface area contributed by atoms with Crippen molar-refractivity contribution in [2.75, 3.05) is 7.05 Å². The molecule has 0 aromatic rings. The summed E-state index contributed by atoms with van der Waals surface area (Å²) in [6, 6.07) is 0.139. The molecule has 0 heterocycles. The first kappa shape index (κ1) is 6.52. The summed E-state index contributed by atoms with van der Waals surface area (Å²) in [7, 11) is 1.84. The van der Waals surface area contributed by atoms with Gasteiger partial charge in [0.25, 0.3) is 0 Å². The van der Waals surface area contributed by atoms with Gasteiger partial charge in [0, 0.05) is 0 Å². The van der Waals surface area contributed by atoms with Crippen molar-refractivity contribution in [2.45, 2.75) is 13.0 Å². The molecule has 0 fully saturated rings. The molecule has 0 saturated heterocycles. The van der Waals surface area contributed by atoms with E-state index in [4.69, 9.17) is 6.42 Å². The molecule has 0 aromatic heterocycles. The first-order valence-corrected chi connectivity index (χ1v) is 2.28. The van der Waals surface area contributed by atoms with Gasteiger partial charge >= 0.3 is 0 Å². The molecule has 39 valence electrons. The molecule has 7 heavy (non-hydrogen) atoms. The Morgan fingerprint density at radius 3 is 2.43 bits per heavy atom. The SMILES string of the molecule is C#CC([CH]C)NC. The Kier molecular flexibility index (Phi) is 3.45. The zero-order chi connectivity index (χ0) is 5.70. The molecule has 0 bridgehead atoms. The fraction of sp³-hybridized carbons (Fsp3) is 0.500. The first-order chi connectivity index (χ1) is 3.35. The molecule has 0 saturated carbocycles. The lowest BCUT2D eigenvalue weighted by molar-refractivity contribution is 0.767. The number of rotatable bonds is 2. The predicted octanol–water partition coefficient (Wildman–Crippen LogP) is 0.432. The summed E-state index contributed by atoms with van der Waals surface area (Å²) in [5, 5.41) is 2.91. The molecule has 0 aliphatic rings. The summed E-state index contributed by atoms with van der Waals surface area (Å²) in [4.78, 5) is 0. The molecular weight excluding hydrogens is 86.1 g/mol. The Balaban J connectivity index is 3.23. The summed E-state index contributed by atoms with van der Waals surface area (Å²) in [5.74, 6) is 2.53. The van der Waals surface area contributed by atoms with Crippen molar-refractivity contribution < 1.29 is 0 Å². The Morgan fingerprint density at radius 1 is 1.86 bits per heavy atom. The lowest BCUT2D eigenvalue weighted by atomic mass is 10.2. The zero-order valence-corrected chi connectivity index (χ0v) is 4.73. The Bertz CT molecular complexity index is 66.7. The fourth-order valence-corrected chi connectivity index (χ4v) is 0.346. The third-order valence-electron chi connectivity index (χ3n) is 0.824. The summed E-state index contributed by atoms with van der Waals surface area (Å²) >= 11 is 0. The third kappa shape index (κ3) is 2.24. The third-order valence-corrected chi connectivity index (χ3v) is 0.824. The van der Waals surface area contributed by atoms with Crippen molar-refractivity contribution in [3.05, 3.63) is 6.42 Å². The smallest absolute Gasteiger partial charge is 0.0713 e. The normalized spacial score (nSPS) is 12.7. The molecule has 0 aliphatic carbocycles. The van der Waals surface area contributed by atoms with E-state index >= 15 is 0 Å². The number of hydrogen-bond donors (Lipinski definition) is 1. The molecule has 1 N–H and O–H groups in total. The van der Waals surface area contributed by atoms with Gasteiger partial charge < -0.3 is 5.32 Å². The number of hydrogen-bond acceptors (Lipinski definition) is 1. The van der Waals surface area contributed by atoms with Crippen LogP contribution in [0.3, 0.4) is 0 Å². The second-order valence-electron chi connectivity index (χ2n) is 1.27. The van der Waals surface area contributed by atoms with Gasteiger partial charge in [0.1, 0.15) is 0 Å². The van der Waals surface area contributed by atoms with Crippen LogP contribution in [0.4, 0.5) is 0 Å². The van der Waals surface area contributed by atoms with Crippen LogP contribution in [0, 0.1) is 18.8 Å². The minimum atomic E-state index is 0.139. The monoisotopic (exact) mass is 96.1 g/mol. The minimum absolute atomic E-state index is 0.139. The van der Waals surface area contributed by atoms with Crippen molar-refractivity contribution in [1.29, 1.82) is 0 Å². The maximum Gasteiger partial charge on any atom is 0.0713 e. The van der Waals surface area contributed by atoms with Gasteiger partial charge in [-0.2, -0.15) is 0 Å². The number of nitrogens with one attached hydrogen (secondary N) is 1. The highest BCUT2D eigenvalue weighted by Crippen LogP contribution is 1.81. The van der Waals surface area contributed by atoms with Crippen molar-refractivity contribution >= 4 is 0 Å². The highest BCUT2D eigenvalue weighted by atomic mass is 14.8. The molecule has 1 atom stereocenters. The van der Waals surface area contributed by atoms with Crippen LogP contribution in [0.15, 0.2) is 0 Å². The summed E-state index contributed by atoms with van der Waals surface area (Å²) < 4.78 is 0. The van der Waals surface area contributed by atoms with Gasteiger partial charge in [-0.15, -0.1) is 6.42 Å². The van der Waals surface area contributed by atoms with E-state index in [1.807, 2.05) is 20.4 Å². The van der Waals surface area contributed by atoms with Gasteiger partial charge in [-0.25, -0.2) is 0 Å². The van der Waals surface area contributed by atoms with Crippen molar-refractivity contribution in [1.82, 2.24) is 5.32 Å². The molecule has 0 aliphatic heterocycles. The second-order valence-corrected chi connectivity index (χ2v) is 1.27. The molecule has 1 unspecified atom stereocenters. The first-order valence-electron chi connectivity index (χ1n) is 2.28.